The highest BCUT2D eigenvalue weighted by Gasteiger charge is 2.08. The van der Waals surface area contributed by atoms with Crippen LogP contribution in [0.25, 0.3) is 6.08 Å². The number of nitrogens with one attached hydrogen (secondary N) is 1. The molecule has 0 atom stereocenters. The number of thiophene rings is 1. The Morgan fingerprint density at radius 2 is 2.44 bits per heavy atom. The van der Waals surface area contributed by atoms with Gasteiger partial charge in [-0.2, -0.15) is 5.26 Å². The van der Waals surface area contributed by atoms with Crippen LogP contribution >= 0.6 is 11.3 Å². The fraction of sp³-hybridized carbons (Fsp3) is 0.385. The summed E-state index contributed by atoms with van der Waals surface area (Å²) in [5.74, 6) is -0.318. The topological polar surface area (TPSA) is 62.1 Å². The number of nitriles is 1. The number of hydrogen-bond acceptors (Lipinski definition) is 4. The minimum Gasteiger partial charge on any atom is -0.380 e. The number of rotatable bonds is 6. The lowest BCUT2D eigenvalue weighted by molar-refractivity contribution is -0.117. The van der Waals surface area contributed by atoms with E-state index >= 15 is 0 Å². The average Bonchev–Trinajstić information content (AvgIpc) is 2.81. The summed E-state index contributed by atoms with van der Waals surface area (Å²) in [6, 6.07) is 3.84. The molecule has 0 saturated heterocycles. The maximum Gasteiger partial charge on any atom is 0.261 e. The highest BCUT2D eigenvalue weighted by molar-refractivity contribution is 7.11. The molecule has 0 aliphatic carbocycles. The summed E-state index contributed by atoms with van der Waals surface area (Å²) >= 11 is 1.49. The van der Waals surface area contributed by atoms with Gasteiger partial charge in [-0.1, -0.05) is 6.92 Å². The largest absolute Gasteiger partial charge is 0.380 e. The summed E-state index contributed by atoms with van der Waals surface area (Å²) in [6.07, 6.45) is 2.45. The Hall–Kier alpha value is -1.64. The smallest absolute Gasteiger partial charge is 0.261 e. The first kappa shape index (κ1) is 14.4. The highest BCUT2D eigenvalue weighted by atomic mass is 32.1. The third-order valence-corrected chi connectivity index (χ3v) is 3.10. The lowest BCUT2D eigenvalue weighted by Crippen LogP contribution is -2.24. The maximum atomic E-state index is 11.6. The molecule has 1 amide bonds. The number of amides is 1. The zero-order valence-electron chi connectivity index (χ0n) is 10.5. The number of carbonyl (C=O) groups is 1. The van der Waals surface area contributed by atoms with E-state index in [9.17, 15) is 4.79 Å². The average molecular weight is 264 g/mol. The van der Waals surface area contributed by atoms with Crippen LogP contribution in [0.4, 0.5) is 0 Å². The molecule has 1 aromatic heterocycles. The van der Waals surface area contributed by atoms with Crippen molar-refractivity contribution >= 4 is 23.3 Å². The van der Waals surface area contributed by atoms with Gasteiger partial charge in [0.1, 0.15) is 11.6 Å². The van der Waals surface area contributed by atoms with Crippen LogP contribution < -0.4 is 5.32 Å². The van der Waals surface area contributed by atoms with E-state index in [2.05, 4.69) is 5.32 Å². The van der Waals surface area contributed by atoms with Crippen molar-refractivity contribution < 1.29 is 9.53 Å². The van der Waals surface area contributed by atoms with Gasteiger partial charge in [0, 0.05) is 18.5 Å². The molecule has 18 heavy (non-hydrogen) atoms. The van der Waals surface area contributed by atoms with E-state index in [1.807, 2.05) is 24.4 Å². The number of nitrogens with zero attached hydrogens (tertiary/aromatic N) is 1. The molecule has 0 fully saturated rings. The van der Waals surface area contributed by atoms with Gasteiger partial charge in [-0.3, -0.25) is 4.79 Å². The van der Waals surface area contributed by atoms with Gasteiger partial charge in [0.15, 0.2) is 0 Å². The molecular formula is C13H16N2O2S. The van der Waals surface area contributed by atoms with Gasteiger partial charge in [0.05, 0.1) is 6.61 Å². The standard InChI is InChI=1S/C13H16N2O2S/c1-3-4-15-13(16)11(7-14)6-12-5-10(8-17-2)9-18-12/h5-6,9H,3-4,8H2,1-2H3,(H,15,16)/b11-6-. The van der Waals surface area contributed by atoms with E-state index < -0.39 is 0 Å². The van der Waals surface area contributed by atoms with Gasteiger partial charge in [-0.15, -0.1) is 11.3 Å². The second-order valence-electron chi connectivity index (χ2n) is 3.72. The van der Waals surface area contributed by atoms with E-state index in [1.54, 1.807) is 13.2 Å². The second kappa shape index (κ2) is 7.64. The minimum absolute atomic E-state index is 0.134. The molecule has 1 N–H and O–H groups in total. The van der Waals surface area contributed by atoms with Crippen molar-refractivity contribution in [2.45, 2.75) is 20.0 Å². The molecule has 0 saturated carbocycles. The summed E-state index contributed by atoms with van der Waals surface area (Å²) < 4.78 is 5.01. The fourth-order valence-corrected chi connectivity index (χ4v) is 2.17. The molecule has 0 spiro atoms. The number of carbonyl (C=O) groups excluding carboxylic acids is 1. The van der Waals surface area contributed by atoms with Gasteiger partial charge in [0.25, 0.3) is 5.91 Å². The summed E-state index contributed by atoms with van der Waals surface area (Å²) in [5.41, 5.74) is 1.18. The zero-order chi connectivity index (χ0) is 13.4. The van der Waals surface area contributed by atoms with Crippen molar-refractivity contribution in [3.8, 4) is 6.07 Å². The van der Waals surface area contributed by atoms with Crippen molar-refractivity contribution in [3.05, 3.63) is 27.5 Å². The quantitative estimate of drug-likeness (QED) is 0.633. The van der Waals surface area contributed by atoms with E-state index in [0.717, 1.165) is 16.9 Å². The van der Waals surface area contributed by atoms with Crippen molar-refractivity contribution in [2.24, 2.45) is 0 Å². The molecule has 0 aliphatic rings. The molecule has 0 unspecified atom stereocenters. The predicted molar refractivity (Wildman–Crippen MR) is 71.9 cm³/mol. The van der Waals surface area contributed by atoms with Gasteiger partial charge in [0.2, 0.25) is 0 Å². The summed E-state index contributed by atoms with van der Waals surface area (Å²) in [7, 11) is 1.63. The highest BCUT2D eigenvalue weighted by Crippen LogP contribution is 2.18. The number of ether oxygens (including phenoxy) is 1. The lowest BCUT2D eigenvalue weighted by Gasteiger charge is -2.00. The summed E-state index contributed by atoms with van der Waals surface area (Å²) in [5, 5.41) is 13.6. The lowest BCUT2D eigenvalue weighted by atomic mass is 10.2. The number of hydrogen-bond donors (Lipinski definition) is 1. The monoisotopic (exact) mass is 264 g/mol. The van der Waals surface area contributed by atoms with E-state index in [0.29, 0.717) is 13.2 Å². The van der Waals surface area contributed by atoms with Crippen LogP contribution in [0.1, 0.15) is 23.8 Å². The molecule has 1 heterocycles. The van der Waals surface area contributed by atoms with Gasteiger partial charge in [-0.05, 0) is 29.5 Å². The van der Waals surface area contributed by atoms with Crippen LogP contribution in [-0.4, -0.2) is 19.6 Å². The Labute approximate surface area is 111 Å². The minimum atomic E-state index is -0.318. The molecule has 0 aliphatic heterocycles. The molecule has 5 heteroatoms. The number of methoxy groups -OCH3 is 1. The molecule has 0 bridgehead atoms. The fourth-order valence-electron chi connectivity index (χ4n) is 1.34. The zero-order valence-corrected chi connectivity index (χ0v) is 11.3. The first-order valence-corrected chi connectivity index (χ1v) is 6.55. The summed E-state index contributed by atoms with van der Waals surface area (Å²) in [6.45, 7) is 3.08. The maximum absolute atomic E-state index is 11.6. The second-order valence-corrected chi connectivity index (χ2v) is 4.66. The van der Waals surface area contributed by atoms with Gasteiger partial charge < -0.3 is 10.1 Å². The molecule has 4 nitrogen and oxygen atoms in total. The van der Waals surface area contributed by atoms with Crippen LogP contribution in [0.2, 0.25) is 0 Å². The molecule has 1 aromatic rings. The van der Waals surface area contributed by atoms with Crippen molar-refractivity contribution in [1.82, 2.24) is 5.32 Å². The van der Waals surface area contributed by atoms with Gasteiger partial charge >= 0.3 is 0 Å². The summed E-state index contributed by atoms with van der Waals surface area (Å²) in [4.78, 5) is 12.5. The SMILES string of the molecule is CCCNC(=O)/C(C#N)=C\c1cc(COC)cs1. The van der Waals surface area contributed by atoms with Crippen LogP contribution in [-0.2, 0) is 16.1 Å². The van der Waals surface area contributed by atoms with Crippen molar-refractivity contribution in [1.29, 1.82) is 5.26 Å². The van der Waals surface area contributed by atoms with Crippen LogP contribution in [0.3, 0.4) is 0 Å². The Bertz CT molecular complexity index is 472. The molecule has 96 valence electrons. The van der Waals surface area contributed by atoms with Crippen molar-refractivity contribution in [3.63, 3.8) is 0 Å². The molecular weight excluding hydrogens is 248 g/mol. The first-order valence-electron chi connectivity index (χ1n) is 5.67. The van der Waals surface area contributed by atoms with Crippen molar-refractivity contribution in [2.75, 3.05) is 13.7 Å². The van der Waals surface area contributed by atoms with Gasteiger partial charge in [-0.25, -0.2) is 0 Å². The van der Waals surface area contributed by atoms with Crippen LogP contribution in [0.15, 0.2) is 17.0 Å². The van der Waals surface area contributed by atoms with E-state index in [4.69, 9.17) is 10.00 Å². The predicted octanol–water partition coefficient (Wildman–Crippen LogP) is 2.33. The molecule has 1 rings (SSSR count). The van der Waals surface area contributed by atoms with Crippen LogP contribution in [0, 0.1) is 11.3 Å². The Balaban J connectivity index is 2.77. The Morgan fingerprint density at radius 1 is 1.67 bits per heavy atom. The normalized spacial score (nSPS) is 11.1. The first-order chi connectivity index (χ1) is 8.71. The third-order valence-electron chi connectivity index (χ3n) is 2.17. The third kappa shape index (κ3) is 4.32. The molecule has 0 radical (unpaired) electrons. The Kier molecular flexibility index (Phi) is 6.12. The Morgan fingerprint density at radius 3 is 3.06 bits per heavy atom. The molecule has 0 aromatic carbocycles. The van der Waals surface area contributed by atoms with Crippen LogP contribution in [0.5, 0.6) is 0 Å². The van der Waals surface area contributed by atoms with E-state index in [-0.39, 0.29) is 11.5 Å². The van der Waals surface area contributed by atoms with E-state index in [1.165, 1.54) is 11.3 Å².